The fourth-order valence-electron chi connectivity index (χ4n) is 11.1. The molecule has 0 unspecified atom stereocenters. The molecule has 15 rings (SSSR count). The summed E-state index contributed by atoms with van der Waals surface area (Å²) in [5.74, 6) is 1.27. The van der Waals surface area contributed by atoms with Gasteiger partial charge in [0.25, 0.3) is 0 Å². The molecule has 0 saturated heterocycles. The molecule has 0 radical (unpaired) electrons. The van der Waals surface area contributed by atoms with Crippen LogP contribution < -0.4 is 0 Å². The van der Waals surface area contributed by atoms with Gasteiger partial charge in [-0.05, 0) is 84.9 Å². The van der Waals surface area contributed by atoms with E-state index >= 15 is 13.2 Å². The number of alkyl halides is 3. The van der Waals surface area contributed by atoms with Crippen molar-refractivity contribution in [1.82, 2.24) is 24.1 Å². The summed E-state index contributed by atoms with van der Waals surface area (Å²) in [6, 6.07) is 69.5. The lowest BCUT2D eigenvalue weighted by Gasteiger charge is -2.21. The number of benzene rings is 10. The lowest BCUT2D eigenvalue weighted by molar-refractivity contribution is -0.137. The van der Waals surface area contributed by atoms with Gasteiger partial charge in [0.2, 0.25) is 0 Å². The molecule has 0 saturated carbocycles. The molecule has 0 fully saturated rings. The Labute approximate surface area is 418 Å². The van der Waals surface area contributed by atoms with E-state index in [9.17, 15) is 0 Å². The van der Waals surface area contributed by atoms with Crippen LogP contribution in [0.1, 0.15) is 5.56 Å². The second-order valence-corrected chi connectivity index (χ2v) is 18.6. The molecule has 0 spiro atoms. The summed E-state index contributed by atoms with van der Waals surface area (Å²) in [6.07, 6.45) is -4.69. The predicted octanol–water partition coefficient (Wildman–Crippen LogP) is 17.6. The van der Waals surface area contributed by atoms with Crippen LogP contribution in [0, 0.1) is 0 Å². The first-order valence-electron chi connectivity index (χ1n) is 24.2. The van der Waals surface area contributed by atoms with Crippen molar-refractivity contribution in [3.63, 3.8) is 0 Å². The van der Waals surface area contributed by atoms with E-state index in [2.05, 4.69) is 33.4 Å². The predicted molar refractivity (Wildman–Crippen MR) is 290 cm³/mol. The highest BCUT2D eigenvalue weighted by molar-refractivity contribution is 6.25. The number of aromatic nitrogens is 5. The average Bonchev–Trinajstić information content (AvgIpc) is 4.20. The van der Waals surface area contributed by atoms with Crippen molar-refractivity contribution in [2.45, 2.75) is 6.18 Å². The SMILES string of the molecule is FC(F)(F)c1ccc(-n2c3ccccc3c3c4oc5ccccc5c4ccc32)c(-c2cc(-c3nc(-c4ccccc4)nc(-c4ccccc4)n3)ccc2-n2c3ccccc3c3c4oc5ccccc5c4ccc32)c1. The third-order valence-electron chi connectivity index (χ3n) is 14.4. The third kappa shape index (κ3) is 6.31. The molecule has 7 nitrogen and oxygen atoms in total. The number of para-hydroxylation sites is 4. The zero-order valence-electron chi connectivity index (χ0n) is 39.0. The van der Waals surface area contributed by atoms with Crippen molar-refractivity contribution in [1.29, 1.82) is 0 Å². The summed E-state index contributed by atoms with van der Waals surface area (Å²) in [6.45, 7) is 0. The second kappa shape index (κ2) is 15.9. The van der Waals surface area contributed by atoms with Crippen LogP contribution in [0.5, 0.6) is 0 Å². The normalized spacial score (nSPS) is 12.3. The zero-order valence-corrected chi connectivity index (χ0v) is 39.0. The second-order valence-electron chi connectivity index (χ2n) is 18.6. The van der Waals surface area contributed by atoms with Gasteiger partial charge in [0.15, 0.2) is 17.5 Å². The van der Waals surface area contributed by atoms with Crippen LogP contribution in [0.3, 0.4) is 0 Å². The van der Waals surface area contributed by atoms with E-state index in [-0.39, 0.29) is 0 Å². The van der Waals surface area contributed by atoms with E-state index in [1.165, 1.54) is 12.1 Å². The van der Waals surface area contributed by atoms with Crippen LogP contribution in [0.4, 0.5) is 13.2 Å². The lowest BCUT2D eigenvalue weighted by atomic mass is 9.96. The van der Waals surface area contributed by atoms with Crippen LogP contribution >= 0.6 is 0 Å². The number of hydrogen-bond donors (Lipinski definition) is 0. The topological polar surface area (TPSA) is 74.8 Å². The molecule has 0 amide bonds. The molecular weight excluding hydrogens is 928 g/mol. The first-order valence-corrected chi connectivity index (χ1v) is 24.2. The monoisotopic (exact) mass is 963 g/mol. The van der Waals surface area contributed by atoms with Gasteiger partial charge in [-0.25, -0.2) is 15.0 Å². The molecule has 10 heteroatoms. The number of fused-ring (bicyclic) bond motifs is 14. The fraction of sp³-hybridized carbons (Fsp3) is 0.0156. The van der Waals surface area contributed by atoms with Gasteiger partial charge in [-0.2, -0.15) is 13.2 Å². The first-order chi connectivity index (χ1) is 36.3. The largest absolute Gasteiger partial charge is 0.455 e. The molecule has 0 aliphatic carbocycles. The van der Waals surface area contributed by atoms with Crippen LogP contribution in [-0.2, 0) is 6.18 Å². The van der Waals surface area contributed by atoms with E-state index in [1.54, 1.807) is 6.07 Å². The van der Waals surface area contributed by atoms with Crippen LogP contribution in [-0.4, -0.2) is 24.1 Å². The van der Waals surface area contributed by atoms with Crippen molar-refractivity contribution in [2.24, 2.45) is 0 Å². The molecule has 10 aromatic carbocycles. The highest BCUT2D eigenvalue weighted by Gasteiger charge is 2.33. The van der Waals surface area contributed by atoms with Gasteiger partial charge >= 0.3 is 6.18 Å². The van der Waals surface area contributed by atoms with E-state index < -0.39 is 11.7 Å². The minimum Gasteiger partial charge on any atom is -0.455 e. The molecular formula is C64H36F3N5O2. The third-order valence-corrected chi connectivity index (χ3v) is 14.4. The van der Waals surface area contributed by atoms with Crippen LogP contribution in [0.15, 0.2) is 227 Å². The first kappa shape index (κ1) is 41.9. The summed E-state index contributed by atoms with van der Waals surface area (Å²) in [5, 5.41) is 7.47. The summed E-state index contributed by atoms with van der Waals surface area (Å²) >= 11 is 0. The van der Waals surface area contributed by atoms with Gasteiger partial charge in [-0.1, -0.05) is 133 Å². The Morgan fingerprint density at radius 2 is 0.757 bits per heavy atom. The Morgan fingerprint density at radius 3 is 1.26 bits per heavy atom. The molecule has 5 aromatic heterocycles. The molecule has 350 valence electrons. The van der Waals surface area contributed by atoms with Gasteiger partial charge in [0, 0.05) is 60.1 Å². The van der Waals surface area contributed by atoms with Gasteiger partial charge < -0.3 is 18.0 Å². The highest BCUT2D eigenvalue weighted by atomic mass is 19.4. The van der Waals surface area contributed by atoms with E-state index in [0.717, 1.165) is 93.0 Å². The maximum absolute atomic E-state index is 15.5. The molecule has 74 heavy (non-hydrogen) atoms. The van der Waals surface area contributed by atoms with Crippen molar-refractivity contribution in [2.75, 3.05) is 0 Å². The summed E-state index contributed by atoms with van der Waals surface area (Å²) < 4.78 is 63.9. The number of halogens is 3. The minimum atomic E-state index is -4.69. The van der Waals surface area contributed by atoms with Crippen LogP contribution in [0.2, 0.25) is 0 Å². The van der Waals surface area contributed by atoms with Gasteiger partial charge in [-0.3, -0.25) is 0 Å². The van der Waals surface area contributed by atoms with Crippen LogP contribution in [0.25, 0.3) is 144 Å². The lowest BCUT2D eigenvalue weighted by Crippen LogP contribution is -2.08. The van der Waals surface area contributed by atoms with Crippen molar-refractivity contribution in [3.05, 3.63) is 224 Å². The quantitative estimate of drug-likeness (QED) is 0.166. The Morgan fingerprint density at radius 1 is 0.338 bits per heavy atom. The zero-order chi connectivity index (χ0) is 49.2. The number of nitrogens with zero attached hydrogens (tertiary/aromatic N) is 5. The number of furan rings is 2. The van der Waals surface area contributed by atoms with Gasteiger partial charge in [0.05, 0.1) is 49.8 Å². The molecule has 0 atom stereocenters. The highest BCUT2D eigenvalue weighted by Crippen LogP contribution is 2.47. The molecule has 0 aliphatic rings. The van der Waals surface area contributed by atoms with Gasteiger partial charge in [0.1, 0.15) is 22.3 Å². The Bertz CT molecular complexity index is 4720. The minimum absolute atomic E-state index is 0.334. The standard InChI is InChI=1S/C64H36F3N5O2/c65-64(66,67)40-28-32-52(72-50-24-12-8-22-46(50)58-54(72)34-30-44-42-20-10-14-26-56(42)74-60(44)58)48(36-40)47-35-39(63-69-61(37-15-3-1-4-16-37)68-62(70-63)38-17-5-2-6-18-38)27-31-51(47)71-49-23-11-7-21-45(49)57-53(71)33-29-43-41-19-9-13-25-55(41)73-59(43)57/h1-36H. The maximum atomic E-state index is 15.5. The number of hydrogen-bond acceptors (Lipinski definition) is 5. The van der Waals surface area contributed by atoms with E-state index in [1.807, 2.05) is 176 Å². The molecule has 5 heterocycles. The molecule has 15 aromatic rings. The summed E-state index contributed by atoms with van der Waals surface area (Å²) in [7, 11) is 0. The Hall–Kier alpha value is -9.80. The van der Waals surface area contributed by atoms with Crippen molar-refractivity contribution in [3.8, 4) is 56.7 Å². The van der Waals surface area contributed by atoms with Crippen molar-refractivity contribution >= 4 is 87.5 Å². The Balaban J connectivity index is 1.07. The van der Waals surface area contributed by atoms with Gasteiger partial charge in [-0.15, -0.1) is 0 Å². The van der Waals surface area contributed by atoms with E-state index in [0.29, 0.717) is 51.1 Å². The van der Waals surface area contributed by atoms with E-state index in [4.69, 9.17) is 23.8 Å². The van der Waals surface area contributed by atoms with Crippen molar-refractivity contribution < 1.29 is 22.0 Å². The fourth-order valence-corrected chi connectivity index (χ4v) is 11.1. The molecule has 0 aliphatic heterocycles. The smallest absolute Gasteiger partial charge is 0.416 e. The summed E-state index contributed by atoms with van der Waals surface area (Å²) in [5.41, 5.74) is 9.56. The molecule has 0 bridgehead atoms. The maximum Gasteiger partial charge on any atom is 0.416 e. The summed E-state index contributed by atoms with van der Waals surface area (Å²) in [4.78, 5) is 15.2. The average molecular weight is 964 g/mol. The Kier molecular flexibility index (Phi) is 8.98. The number of rotatable bonds is 6. The molecule has 0 N–H and O–H groups in total.